The van der Waals surface area contributed by atoms with Gasteiger partial charge in [-0.25, -0.2) is 9.37 Å². The molecule has 0 radical (unpaired) electrons. The Labute approximate surface area is 133 Å². The van der Waals surface area contributed by atoms with Crippen molar-refractivity contribution in [3.8, 4) is 17.0 Å². The molecule has 118 valence electrons. The summed E-state index contributed by atoms with van der Waals surface area (Å²) in [7, 11) is 0. The van der Waals surface area contributed by atoms with Gasteiger partial charge in [0.05, 0.1) is 5.69 Å². The van der Waals surface area contributed by atoms with Crippen LogP contribution in [-0.4, -0.2) is 40.7 Å². The second kappa shape index (κ2) is 5.87. The Hall–Kier alpha value is -2.63. The fourth-order valence-electron chi connectivity index (χ4n) is 2.63. The SMILES string of the molecule is FCCOc1cccc(-c2cn3ccc(N4CCC4)nc3n2)c1. The normalized spacial score (nSPS) is 14.0. The van der Waals surface area contributed by atoms with Crippen molar-refractivity contribution in [1.82, 2.24) is 14.4 Å². The van der Waals surface area contributed by atoms with Crippen LogP contribution in [0.4, 0.5) is 10.2 Å². The van der Waals surface area contributed by atoms with E-state index in [0.29, 0.717) is 11.5 Å². The number of hydrogen-bond acceptors (Lipinski definition) is 4. The summed E-state index contributed by atoms with van der Waals surface area (Å²) in [4.78, 5) is 11.4. The van der Waals surface area contributed by atoms with Crippen molar-refractivity contribution in [2.45, 2.75) is 6.42 Å². The van der Waals surface area contributed by atoms with E-state index in [1.807, 2.05) is 47.1 Å². The Morgan fingerprint density at radius 2 is 2.09 bits per heavy atom. The maximum absolute atomic E-state index is 12.2. The highest BCUT2D eigenvalue weighted by atomic mass is 19.1. The fourth-order valence-corrected chi connectivity index (χ4v) is 2.63. The summed E-state index contributed by atoms with van der Waals surface area (Å²) < 4.78 is 19.5. The molecule has 0 amide bonds. The second-order valence-corrected chi connectivity index (χ2v) is 5.53. The molecule has 3 aromatic rings. The standard InChI is InChI=1S/C17H17FN4O/c18-6-10-23-14-4-1-3-13(11-14)15-12-22-9-5-16(20-17(22)19-15)21-7-2-8-21/h1,3-5,9,11-12H,2,6-8,10H2. The van der Waals surface area contributed by atoms with Gasteiger partial charge in [0.2, 0.25) is 5.78 Å². The van der Waals surface area contributed by atoms with Gasteiger partial charge in [-0.2, -0.15) is 4.98 Å². The minimum Gasteiger partial charge on any atom is -0.491 e. The molecule has 1 fully saturated rings. The fraction of sp³-hybridized carbons (Fsp3) is 0.294. The molecule has 3 heterocycles. The average Bonchev–Trinajstić information content (AvgIpc) is 2.95. The van der Waals surface area contributed by atoms with Crippen molar-refractivity contribution in [3.63, 3.8) is 0 Å². The molecule has 0 N–H and O–H groups in total. The maximum atomic E-state index is 12.2. The Balaban J connectivity index is 1.65. The van der Waals surface area contributed by atoms with E-state index in [1.54, 1.807) is 0 Å². The summed E-state index contributed by atoms with van der Waals surface area (Å²) in [6.07, 6.45) is 5.14. The predicted octanol–water partition coefficient (Wildman–Crippen LogP) is 2.95. The van der Waals surface area contributed by atoms with Gasteiger partial charge in [-0.3, -0.25) is 4.40 Å². The van der Waals surface area contributed by atoms with Gasteiger partial charge in [0.1, 0.15) is 24.8 Å². The van der Waals surface area contributed by atoms with Crippen LogP contribution in [0.25, 0.3) is 17.0 Å². The van der Waals surface area contributed by atoms with E-state index in [2.05, 4.69) is 14.9 Å². The van der Waals surface area contributed by atoms with Crippen LogP contribution in [0.15, 0.2) is 42.7 Å². The molecular weight excluding hydrogens is 295 g/mol. The molecule has 23 heavy (non-hydrogen) atoms. The third-order valence-corrected chi connectivity index (χ3v) is 3.97. The monoisotopic (exact) mass is 312 g/mol. The molecule has 1 saturated heterocycles. The van der Waals surface area contributed by atoms with E-state index >= 15 is 0 Å². The number of imidazole rings is 1. The van der Waals surface area contributed by atoms with E-state index in [1.165, 1.54) is 6.42 Å². The van der Waals surface area contributed by atoms with Gasteiger partial charge in [0.15, 0.2) is 0 Å². The van der Waals surface area contributed by atoms with E-state index in [0.717, 1.165) is 30.2 Å². The highest BCUT2D eigenvalue weighted by Crippen LogP contribution is 2.24. The number of ether oxygens (including phenoxy) is 1. The Morgan fingerprint density at radius 3 is 2.87 bits per heavy atom. The van der Waals surface area contributed by atoms with Crippen molar-refractivity contribution in [3.05, 3.63) is 42.7 Å². The largest absolute Gasteiger partial charge is 0.491 e. The molecule has 5 nitrogen and oxygen atoms in total. The number of halogens is 1. The van der Waals surface area contributed by atoms with Gasteiger partial charge in [0.25, 0.3) is 0 Å². The van der Waals surface area contributed by atoms with Crippen LogP contribution in [0.1, 0.15) is 6.42 Å². The summed E-state index contributed by atoms with van der Waals surface area (Å²) in [5.41, 5.74) is 1.75. The number of nitrogens with zero attached hydrogens (tertiary/aromatic N) is 4. The molecule has 1 aliphatic heterocycles. The number of alkyl halides is 1. The first-order chi connectivity index (χ1) is 11.3. The van der Waals surface area contributed by atoms with Crippen molar-refractivity contribution in [2.75, 3.05) is 31.3 Å². The predicted molar refractivity (Wildman–Crippen MR) is 86.7 cm³/mol. The summed E-state index contributed by atoms with van der Waals surface area (Å²) in [6, 6.07) is 9.54. The first kappa shape index (κ1) is 14.0. The van der Waals surface area contributed by atoms with E-state index in [9.17, 15) is 4.39 Å². The molecule has 0 aliphatic carbocycles. The molecule has 1 aliphatic rings. The molecule has 0 spiro atoms. The number of hydrogen-bond donors (Lipinski definition) is 0. The third-order valence-electron chi connectivity index (χ3n) is 3.97. The van der Waals surface area contributed by atoms with Crippen LogP contribution in [0, 0.1) is 0 Å². The Bertz CT molecular complexity index is 828. The van der Waals surface area contributed by atoms with Gasteiger partial charge < -0.3 is 9.64 Å². The molecule has 0 atom stereocenters. The zero-order chi connectivity index (χ0) is 15.6. The quantitative estimate of drug-likeness (QED) is 0.726. The summed E-state index contributed by atoms with van der Waals surface area (Å²) >= 11 is 0. The second-order valence-electron chi connectivity index (χ2n) is 5.53. The number of fused-ring (bicyclic) bond motifs is 1. The van der Waals surface area contributed by atoms with Gasteiger partial charge in [-0.15, -0.1) is 0 Å². The minimum absolute atomic E-state index is 0.0649. The average molecular weight is 312 g/mol. The molecule has 0 unspecified atom stereocenters. The van der Waals surface area contributed by atoms with Crippen LogP contribution in [0.5, 0.6) is 5.75 Å². The molecule has 0 bridgehead atoms. The topological polar surface area (TPSA) is 42.7 Å². The van der Waals surface area contributed by atoms with Crippen LogP contribution < -0.4 is 9.64 Å². The lowest BCUT2D eigenvalue weighted by atomic mass is 10.1. The number of benzene rings is 1. The highest BCUT2D eigenvalue weighted by Gasteiger charge is 2.16. The van der Waals surface area contributed by atoms with Crippen molar-refractivity contribution < 1.29 is 9.13 Å². The molecule has 2 aromatic heterocycles. The Morgan fingerprint density at radius 1 is 1.17 bits per heavy atom. The number of rotatable bonds is 5. The maximum Gasteiger partial charge on any atom is 0.236 e. The molecular formula is C17H17FN4O. The lowest BCUT2D eigenvalue weighted by Gasteiger charge is -2.31. The van der Waals surface area contributed by atoms with Crippen LogP contribution in [0.3, 0.4) is 0 Å². The first-order valence-electron chi connectivity index (χ1n) is 7.73. The molecule has 1 aromatic carbocycles. The van der Waals surface area contributed by atoms with Crippen molar-refractivity contribution >= 4 is 11.6 Å². The molecule has 6 heteroatoms. The van der Waals surface area contributed by atoms with Crippen LogP contribution in [0.2, 0.25) is 0 Å². The zero-order valence-corrected chi connectivity index (χ0v) is 12.7. The molecule has 0 saturated carbocycles. The van der Waals surface area contributed by atoms with Gasteiger partial charge >= 0.3 is 0 Å². The smallest absolute Gasteiger partial charge is 0.236 e. The van der Waals surface area contributed by atoms with Crippen LogP contribution >= 0.6 is 0 Å². The summed E-state index contributed by atoms with van der Waals surface area (Å²) in [5, 5.41) is 0. The minimum atomic E-state index is -0.498. The van der Waals surface area contributed by atoms with Gasteiger partial charge in [-0.1, -0.05) is 12.1 Å². The summed E-state index contributed by atoms with van der Waals surface area (Å²) in [5.74, 6) is 2.30. The highest BCUT2D eigenvalue weighted by molar-refractivity contribution is 5.63. The van der Waals surface area contributed by atoms with E-state index in [4.69, 9.17) is 4.74 Å². The van der Waals surface area contributed by atoms with Gasteiger partial charge in [-0.05, 0) is 24.6 Å². The van der Waals surface area contributed by atoms with Crippen LogP contribution in [-0.2, 0) is 0 Å². The Kier molecular flexibility index (Phi) is 3.57. The van der Waals surface area contributed by atoms with E-state index in [-0.39, 0.29) is 6.61 Å². The lowest BCUT2D eigenvalue weighted by Crippen LogP contribution is -2.37. The van der Waals surface area contributed by atoms with Crippen molar-refractivity contribution in [1.29, 1.82) is 0 Å². The van der Waals surface area contributed by atoms with Crippen molar-refractivity contribution in [2.24, 2.45) is 0 Å². The lowest BCUT2D eigenvalue weighted by molar-refractivity contribution is 0.273. The first-order valence-corrected chi connectivity index (χ1v) is 7.73. The molecule has 4 rings (SSSR count). The number of anilines is 1. The number of aromatic nitrogens is 3. The van der Waals surface area contributed by atoms with Gasteiger partial charge in [0, 0.05) is 31.0 Å². The zero-order valence-electron chi connectivity index (χ0n) is 12.7. The third kappa shape index (κ3) is 2.72. The van der Waals surface area contributed by atoms with E-state index < -0.39 is 6.67 Å². The summed E-state index contributed by atoms with van der Waals surface area (Å²) in [6.45, 7) is 1.69.